The molecular weight excluding hydrogens is 291 g/mol. The van der Waals surface area contributed by atoms with Gasteiger partial charge in [0, 0.05) is 31.9 Å². The van der Waals surface area contributed by atoms with Gasteiger partial charge >= 0.3 is 6.18 Å². The molecule has 0 saturated carbocycles. The van der Waals surface area contributed by atoms with Gasteiger partial charge in [0.25, 0.3) is 0 Å². The average Bonchev–Trinajstić information content (AvgIpc) is 2.85. The normalized spacial score (nSPS) is 11.5. The number of rotatable bonds is 3. The molecule has 2 aromatic heterocycles. The van der Waals surface area contributed by atoms with Gasteiger partial charge in [0.2, 0.25) is 5.88 Å². The van der Waals surface area contributed by atoms with Gasteiger partial charge in [0.05, 0.1) is 17.6 Å². The first-order chi connectivity index (χ1) is 9.32. The van der Waals surface area contributed by atoms with Crippen LogP contribution in [-0.2, 0) is 6.18 Å². The molecule has 2 aromatic rings. The number of halogens is 3. The molecule has 0 aromatic carbocycles. The van der Waals surface area contributed by atoms with Crippen molar-refractivity contribution in [1.82, 2.24) is 9.36 Å². The second-order valence-corrected chi connectivity index (χ2v) is 5.03. The van der Waals surface area contributed by atoms with Crippen LogP contribution in [0.25, 0.3) is 10.4 Å². The second-order valence-electron chi connectivity index (χ2n) is 4.22. The van der Waals surface area contributed by atoms with E-state index in [2.05, 4.69) is 9.36 Å². The molecule has 2 heterocycles. The Balaban J connectivity index is 2.52. The number of anilines is 1. The van der Waals surface area contributed by atoms with Gasteiger partial charge in [-0.05, 0) is 17.6 Å². The van der Waals surface area contributed by atoms with Gasteiger partial charge in [0.15, 0.2) is 0 Å². The van der Waals surface area contributed by atoms with E-state index in [-0.39, 0.29) is 5.82 Å². The van der Waals surface area contributed by atoms with Crippen LogP contribution in [0.1, 0.15) is 5.56 Å². The molecule has 0 radical (unpaired) electrons. The Kier molecular flexibility index (Phi) is 3.85. The molecule has 0 N–H and O–H groups in total. The number of alkyl halides is 3. The maximum atomic E-state index is 13.1. The Morgan fingerprint density at radius 2 is 1.95 bits per heavy atom. The van der Waals surface area contributed by atoms with Crippen LogP contribution in [0.15, 0.2) is 18.3 Å². The highest BCUT2D eigenvalue weighted by atomic mass is 32.1. The van der Waals surface area contributed by atoms with Crippen LogP contribution >= 0.6 is 11.5 Å². The van der Waals surface area contributed by atoms with Crippen molar-refractivity contribution >= 4 is 17.4 Å². The van der Waals surface area contributed by atoms with Crippen LogP contribution in [0.4, 0.5) is 19.0 Å². The Morgan fingerprint density at radius 3 is 2.45 bits per heavy atom. The highest BCUT2D eigenvalue weighted by Gasteiger charge is 2.35. The number of methoxy groups -OCH3 is 1. The van der Waals surface area contributed by atoms with E-state index in [4.69, 9.17) is 4.74 Å². The van der Waals surface area contributed by atoms with Crippen molar-refractivity contribution in [2.75, 3.05) is 26.1 Å². The molecule has 8 heteroatoms. The minimum atomic E-state index is -4.46. The summed E-state index contributed by atoms with van der Waals surface area (Å²) >= 11 is 1.06. The van der Waals surface area contributed by atoms with Gasteiger partial charge < -0.3 is 9.64 Å². The summed E-state index contributed by atoms with van der Waals surface area (Å²) in [5.41, 5.74) is -0.406. The number of nitrogens with zero attached hydrogens (tertiary/aromatic N) is 3. The van der Waals surface area contributed by atoms with E-state index in [0.29, 0.717) is 16.3 Å². The fraction of sp³-hybridized carbons (Fsp3) is 0.333. The van der Waals surface area contributed by atoms with Crippen LogP contribution in [0.3, 0.4) is 0 Å². The summed E-state index contributed by atoms with van der Waals surface area (Å²) < 4.78 is 48.1. The van der Waals surface area contributed by atoms with E-state index in [1.807, 2.05) is 0 Å². The minimum Gasteiger partial charge on any atom is -0.480 e. The molecule has 0 aliphatic heterocycles. The lowest BCUT2D eigenvalue weighted by Crippen LogP contribution is -2.18. The lowest BCUT2D eigenvalue weighted by atomic mass is 10.1. The summed E-state index contributed by atoms with van der Waals surface area (Å²) in [6.45, 7) is 0. The highest BCUT2D eigenvalue weighted by Crippen LogP contribution is 2.38. The summed E-state index contributed by atoms with van der Waals surface area (Å²) in [6.07, 6.45) is -3.06. The van der Waals surface area contributed by atoms with Crippen LogP contribution in [0.5, 0.6) is 5.88 Å². The van der Waals surface area contributed by atoms with Crippen molar-refractivity contribution in [1.29, 1.82) is 0 Å². The molecule has 0 fully saturated rings. The summed E-state index contributed by atoms with van der Waals surface area (Å²) in [4.78, 5) is 5.81. The molecule has 108 valence electrons. The predicted octanol–water partition coefficient (Wildman–Crippen LogP) is 3.30. The monoisotopic (exact) mass is 303 g/mol. The van der Waals surface area contributed by atoms with Crippen molar-refractivity contribution in [2.45, 2.75) is 6.18 Å². The van der Waals surface area contributed by atoms with Crippen LogP contribution < -0.4 is 9.64 Å². The molecule has 0 atom stereocenters. The molecule has 0 amide bonds. The van der Waals surface area contributed by atoms with Gasteiger partial charge in [-0.3, -0.25) is 0 Å². The third-order valence-corrected chi connectivity index (χ3v) is 3.40. The molecule has 0 spiro atoms. The minimum absolute atomic E-state index is 0.113. The first-order valence-electron chi connectivity index (χ1n) is 5.58. The lowest BCUT2D eigenvalue weighted by Gasteiger charge is -2.18. The molecule has 2 rings (SSSR count). The lowest BCUT2D eigenvalue weighted by molar-refractivity contribution is -0.137. The summed E-state index contributed by atoms with van der Waals surface area (Å²) in [7, 11) is 4.49. The standard InChI is InChI=1S/C12H12F3N3OS/c1-18(2)11-8(12(13,14)15)4-7(6-16-11)9-5-10(19-3)17-20-9/h4-6H,1-3H3. The number of ether oxygens (including phenoxy) is 1. The summed E-state index contributed by atoms with van der Waals surface area (Å²) in [5, 5.41) is 0. The number of hydrogen-bond acceptors (Lipinski definition) is 5. The third-order valence-electron chi connectivity index (χ3n) is 2.58. The van der Waals surface area contributed by atoms with E-state index in [0.717, 1.165) is 17.6 Å². The molecule has 4 nitrogen and oxygen atoms in total. The fourth-order valence-electron chi connectivity index (χ4n) is 1.65. The SMILES string of the molecule is COc1cc(-c2cnc(N(C)C)c(C(F)(F)F)c2)sn1. The third kappa shape index (κ3) is 2.84. The smallest absolute Gasteiger partial charge is 0.419 e. The number of hydrogen-bond donors (Lipinski definition) is 0. The Labute approximate surface area is 118 Å². The maximum Gasteiger partial charge on any atom is 0.419 e. The van der Waals surface area contributed by atoms with E-state index in [9.17, 15) is 13.2 Å². The van der Waals surface area contributed by atoms with E-state index >= 15 is 0 Å². The van der Waals surface area contributed by atoms with E-state index in [1.165, 1.54) is 32.3 Å². The van der Waals surface area contributed by atoms with Crippen LogP contribution in [-0.4, -0.2) is 30.6 Å². The van der Waals surface area contributed by atoms with Gasteiger partial charge in [-0.15, -0.1) is 0 Å². The summed E-state index contributed by atoms with van der Waals surface area (Å²) in [5.74, 6) is 0.257. The van der Waals surface area contributed by atoms with Gasteiger partial charge in [-0.2, -0.15) is 17.5 Å². The van der Waals surface area contributed by atoms with Gasteiger partial charge in [0.1, 0.15) is 5.82 Å². The van der Waals surface area contributed by atoms with Crippen molar-refractivity contribution < 1.29 is 17.9 Å². The van der Waals surface area contributed by atoms with Crippen molar-refractivity contribution in [3.8, 4) is 16.3 Å². The molecule has 0 aliphatic carbocycles. The van der Waals surface area contributed by atoms with E-state index in [1.54, 1.807) is 6.07 Å². The maximum absolute atomic E-state index is 13.1. The van der Waals surface area contributed by atoms with Gasteiger partial charge in [-0.25, -0.2) is 4.98 Å². The molecular formula is C12H12F3N3OS. The van der Waals surface area contributed by atoms with Crippen molar-refractivity contribution in [3.05, 3.63) is 23.9 Å². The molecule has 0 bridgehead atoms. The Bertz CT molecular complexity index is 610. The zero-order valence-electron chi connectivity index (χ0n) is 11.0. The summed E-state index contributed by atoms with van der Waals surface area (Å²) in [6, 6.07) is 2.66. The first kappa shape index (κ1) is 14.6. The van der Waals surface area contributed by atoms with Crippen molar-refractivity contribution in [2.24, 2.45) is 0 Å². The topological polar surface area (TPSA) is 38.2 Å². The number of aromatic nitrogens is 2. The largest absolute Gasteiger partial charge is 0.480 e. The van der Waals surface area contributed by atoms with Gasteiger partial charge in [-0.1, -0.05) is 0 Å². The average molecular weight is 303 g/mol. The number of pyridine rings is 1. The predicted molar refractivity (Wildman–Crippen MR) is 71.2 cm³/mol. The zero-order valence-corrected chi connectivity index (χ0v) is 11.8. The zero-order chi connectivity index (χ0) is 14.9. The highest BCUT2D eigenvalue weighted by molar-refractivity contribution is 7.09. The van der Waals surface area contributed by atoms with E-state index < -0.39 is 11.7 Å². The molecule has 0 unspecified atom stereocenters. The Morgan fingerprint density at radius 1 is 1.25 bits per heavy atom. The molecule has 0 aliphatic rings. The fourth-order valence-corrected chi connectivity index (χ4v) is 2.33. The second kappa shape index (κ2) is 5.28. The Hall–Kier alpha value is -1.83. The van der Waals surface area contributed by atoms with Crippen LogP contribution in [0.2, 0.25) is 0 Å². The quantitative estimate of drug-likeness (QED) is 0.872. The first-order valence-corrected chi connectivity index (χ1v) is 6.36. The van der Waals surface area contributed by atoms with Crippen molar-refractivity contribution in [3.63, 3.8) is 0 Å². The molecule has 20 heavy (non-hydrogen) atoms. The molecule has 0 saturated heterocycles. The van der Waals surface area contributed by atoms with Crippen LogP contribution in [0, 0.1) is 0 Å².